The predicted molar refractivity (Wildman–Crippen MR) is 76.5 cm³/mol. The number of aliphatic hydroxyl groups is 1. The molecule has 0 aromatic heterocycles. The maximum Gasteiger partial charge on any atom is 0.322 e. The van der Waals surface area contributed by atoms with Crippen LogP contribution in [-0.2, 0) is 4.74 Å². The molecular weight excluding hydrogens is 258 g/mol. The van der Waals surface area contributed by atoms with Gasteiger partial charge in [0, 0.05) is 18.3 Å². The van der Waals surface area contributed by atoms with Crippen LogP contribution >= 0.6 is 0 Å². The number of benzene rings is 1. The van der Waals surface area contributed by atoms with Crippen molar-refractivity contribution < 1.29 is 14.6 Å². The average molecular weight is 279 g/mol. The molecule has 0 spiro atoms. The molecule has 0 saturated carbocycles. The van der Waals surface area contributed by atoms with Crippen molar-refractivity contribution in [3.8, 4) is 0 Å². The van der Waals surface area contributed by atoms with Gasteiger partial charge in [0.2, 0.25) is 0 Å². The number of amides is 2. The maximum absolute atomic E-state index is 12.2. The number of nitrogens with two attached hydrogens (primary N) is 1. The maximum atomic E-state index is 12.2. The van der Waals surface area contributed by atoms with Crippen molar-refractivity contribution in [2.24, 2.45) is 5.73 Å². The lowest BCUT2D eigenvalue weighted by Crippen LogP contribution is -2.52. The van der Waals surface area contributed by atoms with Gasteiger partial charge in [-0.1, -0.05) is 12.1 Å². The molecule has 2 amide bonds. The highest BCUT2D eigenvalue weighted by atomic mass is 16.5. The van der Waals surface area contributed by atoms with Gasteiger partial charge in [0.05, 0.1) is 25.9 Å². The summed E-state index contributed by atoms with van der Waals surface area (Å²) in [6.45, 7) is 3.12. The number of anilines is 1. The van der Waals surface area contributed by atoms with Crippen LogP contribution in [0.25, 0.3) is 0 Å². The second-order valence-corrected chi connectivity index (χ2v) is 4.95. The van der Waals surface area contributed by atoms with Crippen molar-refractivity contribution >= 4 is 11.7 Å². The zero-order chi connectivity index (χ0) is 14.5. The molecule has 1 saturated heterocycles. The molecule has 1 aromatic rings. The molecule has 4 N–H and O–H groups in total. The first-order valence-corrected chi connectivity index (χ1v) is 6.73. The van der Waals surface area contributed by atoms with Gasteiger partial charge >= 0.3 is 6.03 Å². The molecule has 6 heteroatoms. The second kappa shape index (κ2) is 6.69. The topological polar surface area (TPSA) is 87.8 Å². The number of morpholine rings is 1. The first-order chi connectivity index (χ1) is 9.61. The van der Waals surface area contributed by atoms with Crippen LogP contribution in [0.4, 0.5) is 10.5 Å². The molecule has 1 aliphatic rings. The minimum Gasteiger partial charge on any atom is -0.394 e. The Morgan fingerprint density at radius 2 is 2.45 bits per heavy atom. The minimum absolute atomic E-state index is 0.0829. The van der Waals surface area contributed by atoms with E-state index in [1.165, 1.54) is 0 Å². The molecule has 6 nitrogen and oxygen atoms in total. The van der Waals surface area contributed by atoms with E-state index in [1.54, 1.807) is 4.90 Å². The first-order valence-electron chi connectivity index (χ1n) is 6.73. The summed E-state index contributed by atoms with van der Waals surface area (Å²) in [6, 6.07) is 6.85. The summed E-state index contributed by atoms with van der Waals surface area (Å²) in [5.41, 5.74) is 7.49. The third-order valence-electron chi connectivity index (χ3n) is 3.36. The Kier molecular flexibility index (Phi) is 4.94. The summed E-state index contributed by atoms with van der Waals surface area (Å²) >= 11 is 0. The molecule has 2 atom stereocenters. The number of rotatable bonds is 3. The number of ether oxygens (including phenoxy) is 1. The van der Waals surface area contributed by atoms with Gasteiger partial charge in [-0.2, -0.15) is 0 Å². The fraction of sp³-hybridized carbons (Fsp3) is 0.500. The van der Waals surface area contributed by atoms with E-state index >= 15 is 0 Å². The fourth-order valence-corrected chi connectivity index (χ4v) is 2.17. The number of nitrogens with zero attached hydrogens (tertiary/aromatic N) is 1. The molecule has 0 bridgehead atoms. The molecule has 110 valence electrons. The Hall–Kier alpha value is -1.63. The highest BCUT2D eigenvalue weighted by molar-refractivity contribution is 5.89. The van der Waals surface area contributed by atoms with Gasteiger partial charge in [-0.05, 0) is 24.6 Å². The summed E-state index contributed by atoms with van der Waals surface area (Å²) in [6.07, 6.45) is 0. The van der Waals surface area contributed by atoms with Gasteiger partial charge in [0.15, 0.2) is 0 Å². The quantitative estimate of drug-likeness (QED) is 0.768. The molecule has 20 heavy (non-hydrogen) atoms. The Bertz CT molecular complexity index is 465. The van der Waals surface area contributed by atoms with Crippen molar-refractivity contribution in [3.05, 3.63) is 29.8 Å². The van der Waals surface area contributed by atoms with Gasteiger partial charge in [0.1, 0.15) is 0 Å². The summed E-state index contributed by atoms with van der Waals surface area (Å²) in [5.74, 6) is 0. The highest BCUT2D eigenvalue weighted by Gasteiger charge is 2.26. The van der Waals surface area contributed by atoms with Crippen LogP contribution in [0.2, 0.25) is 0 Å². The van der Waals surface area contributed by atoms with E-state index in [-0.39, 0.29) is 24.7 Å². The van der Waals surface area contributed by atoms with Gasteiger partial charge in [0.25, 0.3) is 0 Å². The third-order valence-corrected chi connectivity index (χ3v) is 3.36. The lowest BCUT2D eigenvalue weighted by molar-refractivity contribution is -0.00485. The molecule has 0 radical (unpaired) electrons. The summed E-state index contributed by atoms with van der Waals surface area (Å²) in [7, 11) is 0. The molecule has 1 fully saturated rings. The normalized spacial score (nSPS) is 20.6. The van der Waals surface area contributed by atoms with Crippen molar-refractivity contribution in [1.29, 1.82) is 0 Å². The van der Waals surface area contributed by atoms with Gasteiger partial charge < -0.3 is 25.8 Å². The molecular formula is C14H21N3O3. The van der Waals surface area contributed by atoms with Crippen LogP contribution < -0.4 is 11.1 Å². The predicted octanol–water partition coefficient (Wildman–Crippen LogP) is 0.931. The highest BCUT2D eigenvalue weighted by Crippen LogP contribution is 2.17. The van der Waals surface area contributed by atoms with Crippen molar-refractivity contribution in [1.82, 2.24) is 4.90 Å². The minimum atomic E-state index is -0.291. The number of urea groups is 1. The van der Waals surface area contributed by atoms with Gasteiger partial charge in [-0.15, -0.1) is 0 Å². The van der Waals surface area contributed by atoms with E-state index in [4.69, 9.17) is 10.5 Å². The first kappa shape index (κ1) is 14.8. The fourth-order valence-electron chi connectivity index (χ4n) is 2.17. The van der Waals surface area contributed by atoms with E-state index in [0.717, 1.165) is 5.56 Å². The van der Waals surface area contributed by atoms with Crippen LogP contribution in [0.5, 0.6) is 0 Å². The van der Waals surface area contributed by atoms with E-state index < -0.39 is 0 Å². The third kappa shape index (κ3) is 3.47. The number of nitrogens with one attached hydrogen (secondary N) is 1. The van der Waals surface area contributed by atoms with E-state index in [0.29, 0.717) is 25.4 Å². The molecule has 2 unspecified atom stereocenters. The number of carbonyl (C=O) groups excluding carboxylic acids is 1. The summed E-state index contributed by atoms with van der Waals surface area (Å²) in [4.78, 5) is 13.8. The lowest BCUT2D eigenvalue weighted by atomic mass is 10.1. The van der Waals surface area contributed by atoms with Gasteiger partial charge in [-0.25, -0.2) is 4.79 Å². The number of hydrogen-bond acceptors (Lipinski definition) is 4. The zero-order valence-electron chi connectivity index (χ0n) is 11.6. The van der Waals surface area contributed by atoms with Crippen LogP contribution in [0.3, 0.4) is 0 Å². The molecule has 1 aliphatic heterocycles. The SMILES string of the molecule is CC(N)c1cccc(NC(=O)N2CCOCC2CO)c1. The number of aliphatic hydroxyl groups excluding tert-OH is 1. The average Bonchev–Trinajstić information content (AvgIpc) is 2.47. The van der Waals surface area contributed by atoms with E-state index in [9.17, 15) is 9.90 Å². The van der Waals surface area contributed by atoms with Crippen molar-refractivity contribution in [3.63, 3.8) is 0 Å². The summed E-state index contributed by atoms with van der Waals surface area (Å²) in [5, 5.41) is 12.1. The Morgan fingerprint density at radius 3 is 3.15 bits per heavy atom. The number of hydrogen-bond donors (Lipinski definition) is 3. The lowest BCUT2D eigenvalue weighted by Gasteiger charge is -2.34. The van der Waals surface area contributed by atoms with Gasteiger partial charge in [-0.3, -0.25) is 0 Å². The van der Waals surface area contributed by atoms with E-state index in [2.05, 4.69) is 5.32 Å². The standard InChI is InChI=1S/C14H21N3O3/c1-10(15)11-3-2-4-12(7-11)16-14(19)17-5-6-20-9-13(17)8-18/h2-4,7,10,13,18H,5-6,8-9,15H2,1H3,(H,16,19). The van der Waals surface area contributed by atoms with E-state index in [1.807, 2.05) is 31.2 Å². The second-order valence-electron chi connectivity index (χ2n) is 4.95. The molecule has 1 heterocycles. The monoisotopic (exact) mass is 279 g/mol. The molecule has 0 aliphatic carbocycles. The van der Waals surface area contributed by atoms with Crippen LogP contribution in [-0.4, -0.2) is 48.4 Å². The largest absolute Gasteiger partial charge is 0.394 e. The molecule has 2 rings (SSSR count). The molecule has 1 aromatic carbocycles. The smallest absolute Gasteiger partial charge is 0.322 e. The van der Waals surface area contributed by atoms with Crippen molar-refractivity contribution in [2.45, 2.75) is 19.0 Å². The Balaban J connectivity index is 2.05. The van der Waals surface area contributed by atoms with Crippen LogP contribution in [0.1, 0.15) is 18.5 Å². The Morgan fingerprint density at radius 1 is 1.65 bits per heavy atom. The van der Waals surface area contributed by atoms with Crippen molar-refractivity contribution in [2.75, 3.05) is 31.7 Å². The van der Waals surface area contributed by atoms with Crippen LogP contribution in [0, 0.1) is 0 Å². The van der Waals surface area contributed by atoms with Crippen LogP contribution in [0.15, 0.2) is 24.3 Å². The zero-order valence-corrected chi connectivity index (χ0v) is 11.6. The number of carbonyl (C=O) groups is 1. The Labute approximate surface area is 118 Å². The summed E-state index contributed by atoms with van der Waals surface area (Å²) < 4.78 is 5.26.